The van der Waals surface area contributed by atoms with E-state index in [0.29, 0.717) is 25.0 Å². The second kappa shape index (κ2) is 15.1. The number of halogens is 2. The van der Waals surface area contributed by atoms with Crippen LogP contribution >= 0.6 is 22.6 Å². The molecule has 0 aromatic heterocycles. The molecule has 7 nitrogen and oxygen atoms in total. The Kier molecular flexibility index (Phi) is 12.6. The van der Waals surface area contributed by atoms with Gasteiger partial charge in [0.15, 0.2) is 9.89 Å². The second-order valence-electron chi connectivity index (χ2n) is 15.2. The number of cyclic esters (lactones) is 1. The molecule has 9 atom stereocenters. The first-order valence-electron chi connectivity index (χ1n) is 16.6. The summed E-state index contributed by atoms with van der Waals surface area (Å²) < 4.78 is 27.7. The molecular weight excluding hydrogens is 712 g/mol. The van der Waals surface area contributed by atoms with Crippen molar-refractivity contribution in [3.05, 3.63) is 53.6 Å². The molecule has 9 heteroatoms. The number of fused-ring (bicyclic) bond motifs is 5. The summed E-state index contributed by atoms with van der Waals surface area (Å²) in [6.45, 7) is 17.6. The van der Waals surface area contributed by atoms with Crippen molar-refractivity contribution >= 4 is 52.0 Å². The first-order chi connectivity index (χ1) is 21.6. The van der Waals surface area contributed by atoms with Gasteiger partial charge in [-0.05, 0) is 91.0 Å². The Balaban J connectivity index is 2.36. The number of aliphatic hydroxyl groups is 1. The number of carbonyl (C=O) groups is 3. The summed E-state index contributed by atoms with van der Waals surface area (Å²) in [7, 11) is 0. The van der Waals surface area contributed by atoms with Crippen molar-refractivity contribution in [2.75, 3.05) is 6.61 Å². The third kappa shape index (κ3) is 9.06. The minimum Gasteiger partial charge on any atom is -0.446 e. The summed E-state index contributed by atoms with van der Waals surface area (Å²) in [4.78, 5) is 44.5. The van der Waals surface area contributed by atoms with E-state index in [-0.39, 0.29) is 18.4 Å². The van der Waals surface area contributed by atoms with E-state index in [1.54, 1.807) is 13.8 Å². The molecule has 3 rings (SSSR count). The average molecular weight is 766 g/mol. The number of ether oxygens (including phenoxy) is 2. The summed E-state index contributed by atoms with van der Waals surface area (Å²) in [6, 6.07) is 9.94. The number of carbonyl (C=O) groups excluding carboxylic acids is 3. The fourth-order valence-electron chi connectivity index (χ4n) is 8.11. The van der Waals surface area contributed by atoms with Crippen LogP contribution in [-0.4, -0.2) is 56.1 Å². The number of ketones is 1. The molecule has 2 bridgehead atoms. The Hall–Kier alpha value is -2.24. The van der Waals surface area contributed by atoms with Crippen molar-refractivity contribution in [2.45, 2.75) is 109 Å². The van der Waals surface area contributed by atoms with Crippen LogP contribution in [0.2, 0.25) is 0 Å². The van der Waals surface area contributed by atoms with Crippen LogP contribution in [0.25, 0.3) is 6.08 Å². The Morgan fingerprint density at radius 2 is 1.70 bits per heavy atom. The predicted molar refractivity (Wildman–Crippen MR) is 193 cm³/mol. The Bertz CT molecular complexity index is 1390. The van der Waals surface area contributed by atoms with Gasteiger partial charge >= 0.3 is 5.97 Å². The topological polar surface area (TPSA) is 102 Å². The zero-order valence-electron chi connectivity index (χ0n) is 29.6. The zero-order valence-corrected chi connectivity index (χ0v) is 31.8. The highest BCUT2D eigenvalue weighted by atomic mass is 127. The van der Waals surface area contributed by atoms with E-state index in [0.717, 1.165) is 18.1 Å². The third-order valence-corrected chi connectivity index (χ3v) is 11.6. The molecule has 260 valence electrons. The lowest BCUT2D eigenvalue weighted by Crippen LogP contribution is -2.57. The van der Waals surface area contributed by atoms with Gasteiger partial charge in [0, 0.05) is 30.4 Å². The quantitative estimate of drug-likeness (QED) is 0.141. The van der Waals surface area contributed by atoms with Gasteiger partial charge < -0.3 is 14.6 Å². The van der Waals surface area contributed by atoms with E-state index in [2.05, 4.69) is 4.99 Å². The molecule has 0 radical (unpaired) electrons. The molecule has 2 fully saturated rings. The number of aliphatic imine (C=N–C) groups is 1. The molecule has 1 amide bonds. The highest BCUT2D eigenvalue weighted by molar-refractivity contribution is 14.1. The average Bonchev–Trinajstić information content (AvgIpc) is 2.97. The van der Waals surface area contributed by atoms with E-state index in [9.17, 15) is 19.5 Å². The predicted octanol–water partition coefficient (Wildman–Crippen LogP) is 8.13. The summed E-state index contributed by atoms with van der Waals surface area (Å²) in [5.41, 5.74) is -3.60. The van der Waals surface area contributed by atoms with Crippen LogP contribution in [0.1, 0.15) is 94.1 Å². The number of hydrogen-bond donors (Lipinski definition) is 1. The number of amides is 1. The molecule has 2 aliphatic heterocycles. The number of nitrogens with zero attached hydrogens (tertiary/aromatic N) is 1. The van der Waals surface area contributed by atoms with Crippen LogP contribution in [0.3, 0.4) is 0 Å². The maximum Gasteiger partial charge on any atom is 0.352 e. The van der Waals surface area contributed by atoms with Crippen molar-refractivity contribution < 1.29 is 33.4 Å². The van der Waals surface area contributed by atoms with E-state index in [1.807, 2.05) is 113 Å². The molecule has 0 spiro atoms. The fraction of sp³-hybridized carbons (Fsp3) is 0.632. The molecule has 1 aromatic carbocycles. The normalized spacial score (nSPS) is 38.5. The largest absolute Gasteiger partial charge is 0.446 e. The number of benzene rings is 1. The molecule has 0 unspecified atom stereocenters. The van der Waals surface area contributed by atoms with Crippen molar-refractivity contribution in [3.63, 3.8) is 0 Å². The van der Waals surface area contributed by atoms with Crippen molar-refractivity contribution in [1.82, 2.24) is 0 Å². The van der Waals surface area contributed by atoms with Crippen LogP contribution in [0.5, 0.6) is 0 Å². The van der Waals surface area contributed by atoms with Gasteiger partial charge in [0.25, 0.3) is 5.67 Å². The molecular formula is C38H53FINO6. The van der Waals surface area contributed by atoms with E-state index in [1.165, 1.54) is 6.92 Å². The highest BCUT2D eigenvalue weighted by Gasteiger charge is 2.56. The van der Waals surface area contributed by atoms with Gasteiger partial charge in [-0.3, -0.25) is 9.59 Å². The lowest BCUT2D eigenvalue weighted by molar-refractivity contribution is -0.177. The Labute approximate surface area is 294 Å². The maximum atomic E-state index is 16.4. The van der Waals surface area contributed by atoms with Crippen LogP contribution in [0.15, 0.2) is 53.0 Å². The molecule has 0 saturated carbocycles. The highest BCUT2D eigenvalue weighted by Crippen LogP contribution is 2.49. The van der Waals surface area contributed by atoms with E-state index < -0.39 is 61.8 Å². The number of allylic oxidation sites excluding steroid dienone is 2. The Morgan fingerprint density at radius 3 is 2.28 bits per heavy atom. The summed E-state index contributed by atoms with van der Waals surface area (Å²) in [5, 5.41) is 12.2. The molecule has 1 N–H and O–H groups in total. The van der Waals surface area contributed by atoms with E-state index >= 15 is 4.39 Å². The van der Waals surface area contributed by atoms with Crippen LogP contribution in [-0.2, 0) is 23.9 Å². The van der Waals surface area contributed by atoms with E-state index in [4.69, 9.17) is 9.47 Å². The summed E-state index contributed by atoms with van der Waals surface area (Å²) in [5.74, 6) is -5.39. The SMILES string of the molecule is CC(=O)/N=C1\[C@H](C)C[C@@]2(C)OC/C(=C/C=C/c3ccccc3)CC[C@H]([C@H]1C)[C@](C)(O)[C@@H](I)OC(=O)[C@@](C)(F)C(=O)[C@H](C)[C@H]2C(C)(C)C. The molecule has 2 saturated heterocycles. The van der Waals surface area contributed by atoms with Gasteiger partial charge in [-0.1, -0.05) is 90.1 Å². The van der Waals surface area contributed by atoms with Crippen LogP contribution in [0.4, 0.5) is 4.39 Å². The zero-order chi connectivity index (χ0) is 35.5. The molecule has 2 heterocycles. The standard InChI is InChI=1S/C38H53FINO6/c1-23-21-36(8)31(35(5,6)7)25(3)32(43)37(9,39)34(44)47-33(40)38(10,45)29(24(2)30(23)41-26(4)42)20-19-28(22-46-36)18-14-17-27-15-12-11-13-16-27/h11-18,23-25,29,31,33,45H,19-22H2,1-10H3/b17-14+,28-18+,41-30+/t23-,24-,25-,29-,31+,33+,36-,37+,38+/m1/s1. The molecule has 47 heavy (non-hydrogen) atoms. The minimum absolute atomic E-state index is 0.230. The molecule has 0 aliphatic carbocycles. The molecule has 2 aliphatic rings. The number of esters is 1. The first-order valence-corrected chi connectivity index (χ1v) is 17.8. The lowest BCUT2D eigenvalue weighted by atomic mass is 9.60. The number of Topliss-reactive ketones (excluding diaryl/α,β-unsaturated/α-hetero) is 1. The van der Waals surface area contributed by atoms with Crippen LogP contribution in [0, 0.1) is 35.0 Å². The first kappa shape index (κ1) is 39.2. The number of hydrogen-bond acceptors (Lipinski definition) is 6. The van der Waals surface area contributed by atoms with Gasteiger partial charge in [0.05, 0.1) is 12.2 Å². The maximum absolute atomic E-state index is 16.4. The monoisotopic (exact) mass is 765 g/mol. The van der Waals surface area contributed by atoms with Gasteiger partial charge in [0.2, 0.25) is 5.91 Å². The summed E-state index contributed by atoms with van der Waals surface area (Å²) in [6.07, 6.45) is 7.34. The summed E-state index contributed by atoms with van der Waals surface area (Å²) >= 11 is 1.81. The third-order valence-electron chi connectivity index (χ3n) is 10.1. The Morgan fingerprint density at radius 1 is 1.09 bits per heavy atom. The molecule has 1 aromatic rings. The van der Waals surface area contributed by atoms with Gasteiger partial charge in [-0.25, -0.2) is 14.2 Å². The second-order valence-corrected chi connectivity index (χ2v) is 16.4. The lowest BCUT2D eigenvalue weighted by Gasteiger charge is -2.49. The van der Waals surface area contributed by atoms with Crippen molar-refractivity contribution in [3.8, 4) is 0 Å². The van der Waals surface area contributed by atoms with Crippen molar-refractivity contribution in [1.29, 1.82) is 0 Å². The van der Waals surface area contributed by atoms with Gasteiger partial charge in [-0.15, -0.1) is 0 Å². The fourth-order valence-corrected chi connectivity index (χ4v) is 8.81. The smallest absolute Gasteiger partial charge is 0.352 e. The van der Waals surface area contributed by atoms with Gasteiger partial charge in [0.1, 0.15) is 5.60 Å². The van der Waals surface area contributed by atoms with Gasteiger partial charge in [-0.2, -0.15) is 0 Å². The van der Waals surface area contributed by atoms with Crippen LogP contribution < -0.4 is 0 Å². The minimum atomic E-state index is -2.95. The number of alkyl halides is 2. The number of rotatable bonds is 2. The van der Waals surface area contributed by atoms with Crippen molar-refractivity contribution in [2.24, 2.45) is 40.0 Å².